The molecule has 3 aromatic rings. The molecule has 4 nitrogen and oxygen atoms in total. The summed E-state index contributed by atoms with van der Waals surface area (Å²) in [6, 6.07) is 13.7. The summed E-state index contributed by atoms with van der Waals surface area (Å²) in [6.07, 6.45) is 1.81. The normalized spacial score (nSPS) is 10.7. The SMILES string of the molecule is Cc1cccc(-c2[nH]ncc2CNc2cc(CO)ccc2Cl)c1. The second kappa shape index (κ2) is 6.86. The maximum atomic E-state index is 9.24. The minimum absolute atomic E-state index is 0.00784. The lowest BCUT2D eigenvalue weighted by Crippen LogP contribution is -2.01. The molecule has 3 rings (SSSR count). The molecule has 0 aliphatic heterocycles. The molecule has 0 atom stereocenters. The van der Waals surface area contributed by atoms with Crippen molar-refractivity contribution in [2.24, 2.45) is 0 Å². The molecule has 3 N–H and O–H groups in total. The summed E-state index contributed by atoms with van der Waals surface area (Å²) in [5.41, 5.74) is 5.98. The molecule has 1 heterocycles. The van der Waals surface area contributed by atoms with Gasteiger partial charge < -0.3 is 10.4 Å². The predicted octanol–water partition coefficient (Wildman–Crippen LogP) is 4.14. The van der Waals surface area contributed by atoms with Crippen LogP contribution in [0.2, 0.25) is 5.02 Å². The van der Waals surface area contributed by atoms with Gasteiger partial charge in [-0.25, -0.2) is 0 Å². The first-order valence-corrected chi connectivity index (χ1v) is 7.77. The van der Waals surface area contributed by atoms with Crippen molar-refractivity contribution in [3.05, 3.63) is 70.4 Å². The van der Waals surface area contributed by atoms with Gasteiger partial charge in [0, 0.05) is 17.7 Å². The van der Waals surface area contributed by atoms with Crippen LogP contribution in [0.25, 0.3) is 11.3 Å². The van der Waals surface area contributed by atoms with Gasteiger partial charge in [-0.3, -0.25) is 5.10 Å². The van der Waals surface area contributed by atoms with Gasteiger partial charge in [-0.1, -0.05) is 41.4 Å². The summed E-state index contributed by atoms with van der Waals surface area (Å²) in [6.45, 7) is 2.65. The molecular formula is C18H18ClN3O. The lowest BCUT2D eigenvalue weighted by molar-refractivity contribution is 0.282. The average molecular weight is 328 g/mol. The zero-order valence-corrected chi connectivity index (χ0v) is 13.6. The zero-order valence-electron chi connectivity index (χ0n) is 12.8. The molecule has 0 aliphatic carbocycles. The third-order valence-corrected chi connectivity index (χ3v) is 4.04. The van der Waals surface area contributed by atoms with Gasteiger partial charge in [-0.2, -0.15) is 5.10 Å². The maximum Gasteiger partial charge on any atom is 0.0700 e. The van der Waals surface area contributed by atoms with Crippen molar-refractivity contribution in [2.75, 3.05) is 5.32 Å². The third kappa shape index (κ3) is 3.55. The Morgan fingerprint density at radius 1 is 1.22 bits per heavy atom. The summed E-state index contributed by atoms with van der Waals surface area (Å²) in [7, 11) is 0. The van der Waals surface area contributed by atoms with Gasteiger partial charge >= 0.3 is 0 Å². The maximum absolute atomic E-state index is 9.24. The molecule has 0 spiro atoms. The van der Waals surface area contributed by atoms with Crippen molar-refractivity contribution >= 4 is 17.3 Å². The molecule has 0 fully saturated rings. The number of aliphatic hydroxyl groups is 1. The molecular weight excluding hydrogens is 310 g/mol. The fraction of sp³-hybridized carbons (Fsp3) is 0.167. The summed E-state index contributed by atoms with van der Waals surface area (Å²) >= 11 is 6.20. The van der Waals surface area contributed by atoms with Crippen LogP contribution in [0.5, 0.6) is 0 Å². The van der Waals surface area contributed by atoms with Crippen LogP contribution >= 0.6 is 11.6 Å². The quantitative estimate of drug-likeness (QED) is 0.660. The van der Waals surface area contributed by atoms with Crippen molar-refractivity contribution in [3.63, 3.8) is 0 Å². The summed E-state index contributed by atoms with van der Waals surface area (Å²) in [4.78, 5) is 0. The number of halogens is 1. The standard InChI is InChI=1S/C18H18ClN3O/c1-12-3-2-4-14(7-12)18-15(10-21-22-18)9-20-17-8-13(11-23)5-6-16(17)19/h2-8,10,20,23H,9,11H2,1H3,(H,21,22). The first-order valence-electron chi connectivity index (χ1n) is 7.40. The van der Waals surface area contributed by atoms with Crippen LogP contribution in [-0.4, -0.2) is 15.3 Å². The highest BCUT2D eigenvalue weighted by atomic mass is 35.5. The van der Waals surface area contributed by atoms with Crippen LogP contribution in [0.15, 0.2) is 48.7 Å². The number of aromatic amines is 1. The first kappa shape index (κ1) is 15.6. The monoisotopic (exact) mass is 327 g/mol. The van der Waals surface area contributed by atoms with Crippen molar-refractivity contribution in [2.45, 2.75) is 20.1 Å². The number of H-pyrrole nitrogens is 1. The number of aryl methyl sites for hydroxylation is 1. The van der Waals surface area contributed by atoms with Gasteiger partial charge in [0.1, 0.15) is 0 Å². The second-order valence-electron chi connectivity index (χ2n) is 5.47. The smallest absolute Gasteiger partial charge is 0.0700 e. The van der Waals surface area contributed by atoms with Gasteiger partial charge in [0.2, 0.25) is 0 Å². The molecule has 2 aromatic carbocycles. The largest absolute Gasteiger partial charge is 0.392 e. The van der Waals surface area contributed by atoms with Crippen LogP contribution in [0.3, 0.4) is 0 Å². The molecule has 0 aliphatic rings. The number of rotatable bonds is 5. The van der Waals surface area contributed by atoms with E-state index >= 15 is 0 Å². The zero-order chi connectivity index (χ0) is 16.2. The highest BCUT2D eigenvalue weighted by Crippen LogP contribution is 2.26. The molecule has 118 valence electrons. The van der Waals surface area contributed by atoms with Crippen LogP contribution in [0.4, 0.5) is 5.69 Å². The van der Waals surface area contributed by atoms with Crippen LogP contribution in [-0.2, 0) is 13.2 Å². The molecule has 1 aromatic heterocycles. The Hall–Kier alpha value is -2.30. The highest BCUT2D eigenvalue weighted by molar-refractivity contribution is 6.33. The average Bonchev–Trinajstić information content (AvgIpc) is 3.02. The van der Waals surface area contributed by atoms with E-state index in [0.717, 1.165) is 28.1 Å². The van der Waals surface area contributed by atoms with E-state index in [0.29, 0.717) is 11.6 Å². The molecule has 0 saturated heterocycles. The first-order chi connectivity index (χ1) is 11.2. The third-order valence-electron chi connectivity index (χ3n) is 3.71. The van der Waals surface area contributed by atoms with E-state index in [1.54, 1.807) is 6.07 Å². The van der Waals surface area contributed by atoms with E-state index in [4.69, 9.17) is 11.6 Å². The van der Waals surface area contributed by atoms with Crippen molar-refractivity contribution < 1.29 is 5.11 Å². The van der Waals surface area contributed by atoms with Gasteiger partial charge in [-0.05, 0) is 30.7 Å². The Morgan fingerprint density at radius 3 is 2.87 bits per heavy atom. The summed E-state index contributed by atoms with van der Waals surface area (Å²) < 4.78 is 0. The van der Waals surface area contributed by atoms with Crippen LogP contribution in [0, 0.1) is 6.92 Å². The Bertz CT molecular complexity index is 814. The van der Waals surface area contributed by atoms with Gasteiger partial charge in [-0.15, -0.1) is 0 Å². The van der Waals surface area contributed by atoms with E-state index < -0.39 is 0 Å². The van der Waals surface area contributed by atoms with E-state index in [1.165, 1.54) is 5.56 Å². The second-order valence-corrected chi connectivity index (χ2v) is 5.87. The fourth-order valence-electron chi connectivity index (χ4n) is 2.49. The Morgan fingerprint density at radius 2 is 2.09 bits per heavy atom. The van der Waals surface area contributed by atoms with E-state index in [9.17, 15) is 5.11 Å². The minimum atomic E-state index is -0.00784. The molecule has 23 heavy (non-hydrogen) atoms. The predicted molar refractivity (Wildman–Crippen MR) is 93.5 cm³/mol. The number of hydrogen-bond donors (Lipinski definition) is 3. The molecule has 0 unspecified atom stereocenters. The molecule has 5 heteroatoms. The lowest BCUT2D eigenvalue weighted by Gasteiger charge is -2.10. The summed E-state index contributed by atoms with van der Waals surface area (Å²) in [5, 5.41) is 20.4. The number of aromatic nitrogens is 2. The van der Waals surface area contributed by atoms with E-state index in [2.05, 4.69) is 40.6 Å². The molecule has 0 bridgehead atoms. The van der Waals surface area contributed by atoms with E-state index in [1.807, 2.05) is 24.4 Å². The Labute approximate surface area is 140 Å². The van der Waals surface area contributed by atoms with Gasteiger partial charge in [0.15, 0.2) is 0 Å². The van der Waals surface area contributed by atoms with Crippen molar-refractivity contribution in [1.82, 2.24) is 10.2 Å². The van der Waals surface area contributed by atoms with Gasteiger partial charge in [0.05, 0.1) is 29.2 Å². The lowest BCUT2D eigenvalue weighted by atomic mass is 10.1. The minimum Gasteiger partial charge on any atom is -0.392 e. The number of anilines is 1. The molecule has 0 saturated carbocycles. The Balaban J connectivity index is 1.81. The Kier molecular flexibility index (Phi) is 4.65. The fourth-order valence-corrected chi connectivity index (χ4v) is 2.68. The van der Waals surface area contributed by atoms with Crippen molar-refractivity contribution in [3.8, 4) is 11.3 Å². The van der Waals surface area contributed by atoms with E-state index in [-0.39, 0.29) is 6.61 Å². The van der Waals surface area contributed by atoms with Crippen LogP contribution in [0.1, 0.15) is 16.7 Å². The number of hydrogen-bond acceptors (Lipinski definition) is 3. The highest BCUT2D eigenvalue weighted by Gasteiger charge is 2.09. The molecule has 0 radical (unpaired) electrons. The van der Waals surface area contributed by atoms with Gasteiger partial charge in [0.25, 0.3) is 0 Å². The number of nitrogens with zero attached hydrogens (tertiary/aromatic N) is 1. The molecule has 0 amide bonds. The number of benzene rings is 2. The summed E-state index contributed by atoms with van der Waals surface area (Å²) in [5.74, 6) is 0. The number of aliphatic hydroxyl groups excluding tert-OH is 1. The van der Waals surface area contributed by atoms with Crippen molar-refractivity contribution in [1.29, 1.82) is 0 Å². The number of nitrogens with one attached hydrogen (secondary N) is 2. The van der Waals surface area contributed by atoms with Crippen LogP contribution < -0.4 is 5.32 Å². The topological polar surface area (TPSA) is 60.9 Å².